The van der Waals surface area contributed by atoms with Gasteiger partial charge in [-0.05, 0) is 31.0 Å². The Hall–Kier alpha value is -4.12. The zero-order valence-electron chi connectivity index (χ0n) is 18.5. The third-order valence-electron chi connectivity index (χ3n) is 6.32. The van der Waals surface area contributed by atoms with Gasteiger partial charge in [0.1, 0.15) is 17.4 Å². The van der Waals surface area contributed by atoms with Crippen molar-refractivity contribution >= 4 is 16.6 Å². The lowest BCUT2D eigenvalue weighted by Gasteiger charge is -2.33. The van der Waals surface area contributed by atoms with Crippen LogP contribution in [0.5, 0.6) is 5.75 Å². The number of anilines is 1. The normalized spacial score (nSPS) is 14.4. The van der Waals surface area contributed by atoms with Crippen LogP contribution in [0.2, 0.25) is 0 Å². The molecule has 1 fully saturated rings. The predicted octanol–water partition coefficient (Wildman–Crippen LogP) is 3.85. The van der Waals surface area contributed by atoms with Crippen molar-refractivity contribution in [1.82, 2.24) is 14.7 Å². The molecular weight excluding hydrogens is 418 g/mol. The summed E-state index contributed by atoms with van der Waals surface area (Å²) in [6.07, 6.45) is 1.56. The van der Waals surface area contributed by atoms with Crippen molar-refractivity contribution in [2.75, 3.05) is 25.1 Å². The summed E-state index contributed by atoms with van der Waals surface area (Å²) in [4.78, 5) is 19.6. The molecule has 0 amide bonds. The van der Waals surface area contributed by atoms with E-state index in [-0.39, 0.29) is 17.0 Å². The number of benzene rings is 2. The number of nitriles is 1. The number of rotatable bonds is 4. The smallest absolute Gasteiger partial charge is 0.270 e. The van der Waals surface area contributed by atoms with E-state index in [1.807, 2.05) is 48.5 Å². The summed E-state index contributed by atoms with van der Waals surface area (Å²) in [6, 6.07) is 17.5. The van der Waals surface area contributed by atoms with E-state index < -0.39 is 0 Å². The Morgan fingerprint density at radius 1 is 1.15 bits per heavy atom. The van der Waals surface area contributed by atoms with Gasteiger partial charge < -0.3 is 18.7 Å². The first-order valence-electron chi connectivity index (χ1n) is 10.9. The maximum atomic E-state index is 12.9. The molecule has 3 heterocycles. The SMILES string of the molecule is COc1ccc2c(c1)c(N1CCC(c3nc(-c4ccccc4)no3)CC1)c(C#N)c(=O)n2C. The lowest BCUT2D eigenvalue weighted by Crippen LogP contribution is -2.35. The van der Waals surface area contributed by atoms with Gasteiger partial charge in [-0.2, -0.15) is 10.2 Å². The van der Waals surface area contributed by atoms with Crippen LogP contribution in [-0.4, -0.2) is 34.9 Å². The first kappa shape index (κ1) is 20.8. The molecule has 0 N–H and O–H groups in total. The lowest BCUT2D eigenvalue weighted by atomic mass is 9.95. The van der Waals surface area contributed by atoms with E-state index in [9.17, 15) is 10.1 Å². The van der Waals surface area contributed by atoms with Gasteiger partial charge in [-0.1, -0.05) is 35.5 Å². The van der Waals surface area contributed by atoms with Crippen LogP contribution in [0, 0.1) is 11.3 Å². The highest BCUT2D eigenvalue weighted by atomic mass is 16.5. The molecule has 0 spiro atoms. The molecule has 8 heteroatoms. The Kier molecular flexibility index (Phi) is 5.31. The average molecular weight is 441 g/mol. The van der Waals surface area contributed by atoms with Crippen molar-refractivity contribution in [1.29, 1.82) is 5.26 Å². The summed E-state index contributed by atoms with van der Waals surface area (Å²) >= 11 is 0. The van der Waals surface area contributed by atoms with E-state index in [2.05, 4.69) is 21.1 Å². The molecule has 0 bridgehead atoms. The number of aromatic nitrogens is 3. The van der Waals surface area contributed by atoms with E-state index in [0.29, 0.717) is 36.2 Å². The van der Waals surface area contributed by atoms with Crippen LogP contribution in [0.4, 0.5) is 5.69 Å². The fourth-order valence-electron chi connectivity index (χ4n) is 4.52. The third-order valence-corrected chi connectivity index (χ3v) is 6.32. The highest BCUT2D eigenvalue weighted by Gasteiger charge is 2.29. The fourth-order valence-corrected chi connectivity index (χ4v) is 4.52. The van der Waals surface area contributed by atoms with Gasteiger partial charge in [0.05, 0.1) is 18.3 Å². The Labute approximate surface area is 190 Å². The van der Waals surface area contributed by atoms with Crippen LogP contribution in [0.15, 0.2) is 57.8 Å². The first-order valence-corrected chi connectivity index (χ1v) is 10.9. The standard InChI is InChI=1S/C25H23N5O3/c1-29-21-9-8-18(32-2)14-19(21)22(20(15-26)25(29)31)30-12-10-17(11-13-30)24-27-23(28-33-24)16-6-4-3-5-7-16/h3-9,14,17H,10-13H2,1-2H3. The van der Waals surface area contributed by atoms with Crippen LogP contribution in [0.25, 0.3) is 22.3 Å². The van der Waals surface area contributed by atoms with Crippen molar-refractivity contribution in [3.63, 3.8) is 0 Å². The van der Waals surface area contributed by atoms with E-state index >= 15 is 0 Å². The van der Waals surface area contributed by atoms with Gasteiger partial charge >= 0.3 is 0 Å². The van der Waals surface area contributed by atoms with Crippen molar-refractivity contribution in [3.05, 3.63) is 70.3 Å². The van der Waals surface area contributed by atoms with Crippen molar-refractivity contribution in [2.24, 2.45) is 7.05 Å². The van der Waals surface area contributed by atoms with E-state index in [1.165, 1.54) is 4.57 Å². The minimum absolute atomic E-state index is 0.129. The first-order chi connectivity index (χ1) is 16.1. The van der Waals surface area contributed by atoms with Crippen LogP contribution in [-0.2, 0) is 7.05 Å². The molecule has 0 radical (unpaired) electrons. The maximum absolute atomic E-state index is 12.9. The molecular formula is C25H23N5O3. The molecule has 0 aliphatic carbocycles. The number of piperidine rings is 1. The molecule has 0 saturated carbocycles. The third kappa shape index (κ3) is 3.61. The fraction of sp³-hybridized carbons (Fsp3) is 0.280. The van der Waals surface area contributed by atoms with Crippen LogP contribution >= 0.6 is 0 Å². The van der Waals surface area contributed by atoms with Gasteiger partial charge in [-0.15, -0.1) is 0 Å². The topological polar surface area (TPSA) is 97.2 Å². The second-order valence-electron chi connectivity index (χ2n) is 8.17. The quantitative estimate of drug-likeness (QED) is 0.474. The summed E-state index contributed by atoms with van der Waals surface area (Å²) in [5, 5.41) is 14.8. The molecule has 1 aliphatic rings. The molecule has 2 aromatic heterocycles. The molecule has 0 unspecified atom stereocenters. The Bertz CT molecular complexity index is 1410. The van der Waals surface area contributed by atoms with Crippen molar-refractivity contribution in [3.8, 4) is 23.2 Å². The van der Waals surface area contributed by atoms with Crippen LogP contribution in [0.1, 0.15) is 30.2 Å². The Morgan fingerprint density at radius 3 is 2.61 bits per heavy atom. The molecule has 5 rings (SSSR count). The van der Waals surface area contributed by atoms with Gasteiger partial charge in [-0.25, -0.2) is 0 Å². The van der Waals surface area contributed by atoms with Gasteiger partial charge in [0, 0.05) is 37.0 Å². The molecule has 1 saturated heterocycles. The zero-order chi connectivity index (χ0) is 22.9. The van der Waals surface area contributed by atoms with Gasteiger partial charge in [0.2, 0.25) is 11.7 Å². The summed E-state index contributed by atoms with van der Waals surface area (Å²) in [5.41, 5.74) is 2.21. The summed E-state index contributed by atoms with van der Waals surface area (Å²) in [6.45, 7) is 1.34. The molecule has 1 aliphatic heterocycles. The molecule has 0 atom stereocenters. The number of ether oxygens (including phenoxy) is 1. The number of hydrogen-bond acceptors (Lipinski definition) is 7. The zero-order valence-corrected chi connectivity index (χ0v) is 18.5. The Balaban J connectivity index is 1.45. The number of pyridine rings is 1. The van der Waals surface area contributed by atoms with Gasteiger partial charge in [0.25, 0.3) is 5.56 Å². The number of aryl methyl sites for hydroxylation is 1. The number of nitrogens with zero attached hydrogens (tertiary/aromatic N) is 5. The predicted molar refractivity (Wildman–Crippen MR) is 124 cm³/mol. The monoisotopic (exact) mass is 441 g/mol. The molecule has 166 valence electrons. The number of methoxy groups -OCH3 is 1. The minimum Gasteiger partial charge on any atom is -0.497 e. The summed E-state index contributed by atoms with van der Waals surface area (Å²) in [5.74, 6) is 2.03. The second-order valence-corrected chi connectivity index (χ2v) is 8.17. The molecule has 2 aromatic carbocycles. The van der Waals surface area contributed by atoms with E-state index in [1.54, 1.807) is 14.2 Å². The van der Waals surface area contributed by atoms with Gasteiger partial charge in [-0.3, -0.25) is 4.79 Å². The molecule has 4 aromatic rings. The Morgan fingerprint density at radius 2 is 1.91 bits per heavy atom. The van der Waals surface area contributed by atoms with Crippen molar-refractivity contribution in [2.45, 2.75) is 18.8 Å². The number of fused-ring (bicyclic) bond motifs is 1. The van der Waals surface area contributed by atoms with Crippen molar-refractivity contribution < 1.29 is 9.26 Å². The average Bonchev–Trinajstić information content (AvgIpc) is 3.37. The minimum atomic E-state index is -0.295. The largest absolute Gasteiger partial charge is 0.497 e. The van der Waals surface area contributed by atoms with Gasteiger partial charge in [0.15, 0.2) is 0 Å². The molecule has 8 nitrogen and oxygen atoms in total. The molecule has 33 heavy (non-hydrogen) atoms. The van der Waals surface area contributed by atoms with E-state index in [4.69, 9.17) is 9.26 Å². The summed E-state index contributed by atoms with van der Waals surface area (Å²) in [7, 11) is 3.29. The highest BCUT2D eigenvalue weighted by Crippen LogP contribution is 2.36. The second kappa shape index (κ2) is 8.43. The summed E-state index contributed by atoms with van der Waals surface area (Å²) < 4.78 is 12.5. The maximum Gasteiger partial charge on any atom is 0.270 e. The number of hydrogen-bond donors (Lipinski definition) is 0. The van der Waals surface area contributed by atoms with Crippen LogP contribution < -0.4 is 15.2 Å². The highest BCUT2D eigenvalue weighted by molar-refractivity contribution is 5.95. The van der Waals surface area contributed by atoms with Crippen LogP contribution in [0.3, 0.4) is 0 Å². The lowest BCUT2D eigenvalue weighted by molar-refractivity contribution is 0.329. The van der Waals surface area contributed by atoms with E-state index in [0.717, 1.165) is 29.3 Å².